The standard InChI is InChI=1S/C23H23N3O3S2/c1-28-19(27)11-7-15-26-22(21(25-23(26)30)17-10-5-6-14-24-17)18-12-13-20(29-18)31-16-8-3-2-4-9-16/h2-6,8-10,12-14,21-22H,7,11,15H2,1H3,(H,25,30)/t21-,22+/m0/s1. The minimum absolute atomic E-state index is 0.146. The van der Waals surface area contributed by atoms with Crippen LogP contribution in [-0.4, -0.2) is 34.6 Å². The number of nitrogens with zero attached hydrogens (tertiary/aromatic N) is 2. The third-order valence-corrected chi connectivity index (χ3v) is 6.34. The molecule has 160 valence electrons. The van der Waals surface area contributed by atoms with Gasteiger partial charge in [-0.25, -0.2) is 0 Å². The second-order valence-corrected chi connectivity index (χ2v) is 8.54. The Hall–Kier alpha value is -2.84. The molecule has 1 aliphatic heterocycles. The van der Waals surface area contributed by atoms with Crippen LogP contribution in [0.2, 0.25) is 0 Å². The summed E-state index contributed by atoms with van der Waals surface area (Å²) >= 11 is 7.21. The zero-order valence-corrected chi connectivity index (χ0v) is 18.7. The first-order chi connectivity index (χ1) is 15.2. The van der Waals surface area contributed by atoms with Crippen LogP contribution in [-0.2, 0) is 9.53 Å². The SMILES string of the molecule is COC(=O)CCCN1C(=S)N[C@@H](c2ccccn2)[C@H]1c1ccc(Sc2ccccc2)o1. The van der Waals surface area contributed by atoms with Gasteiger partial charge < -0.3 is 19.4 Å². The van der Waals surface area contributed by atoms with Crippen LogP contribution in [0.1, 0.15) is 36.4 Å². The Kier molecular flexibility index (Phi) is 6.89. The number of esters is 1. The number of benzene rings is 1. The first-order valence-corrected chi connectivity index (χ1v) is 11.3. The van der Waals surface area contributed by atoms with E-state index in [2.05, 4.69) is 27.3 Å². The Bertz CT molecular complexity index is 1030. The molecule has 0 unspecified atom stereocenters. The fraction of sp³-hybridized carbons (Fsp3) is 0.261. The van der Waals surface area contributed by atoms with Crippen LogP contribution in [0.3, 0.4) is 0 Å². The van der Waals surface area contributed by atoms with Crippen molar-refractivity contribution in [2.75, 3.05) is 13.7 Å². The van der Waals surface area contributed by atoms with Crippen LogP contribution in [0.5, 0.6) is 0 Å². The first-order valence-electron chi connectivity index (χ1n) is 10.0. The number of rotatable bonds is 8. The number of aromatic nitrogens is 1. The Labute approximate surface area is 191 Å². The number of hydrogen-bond donors (Lipinski definition) is 1. The van der Waals surface area contributed by atoms with Crippen molar-refractivity contribution in [3.8, 4) is 0 Å². The highest BCUT2D eigenvalue weighted by atomic mass is 32.2. The number of methoxy groups -OCH3 is 1. The molecule has 0 radical (unpaired) electrons. The molecule has 1 aromatic carbocycles. The van der Waals surface area contributed by atoms with Crippen LogP contribution < -0.4 is 5.32 Å². The molecule has 0 bridgehead atoms. The normalized spacial score (nSPS) is 18.1. The van der Waals surface area contributed by atoms with Gasteiger partial charge in [0.2, 0.25) is 0 Å². The molecule has 8 heteroatoms. The van der Waals surface area contributed by atoms with E-state index in [0.717, 1.165) is 21.4 Å². The van der Waals surface area contributed by atoms with Crippen molar-refractivity contribution in [1.29, 1.82) is 0 Å². The summed E-state index contributed by atoms with van der Waals surface area (Å²) in [5, 5.41) is 4.83. The number of pyridine rings is 1. The quantitative estimate of drug-likeness (QED) is 0.387. The van der Waals surface area contributed by atoms with Gasteiger partial charge >= 0.3 is 5.97 Å². The topological polar surface area (TPSA) is 67.6 Å². The van der Waals surface area contributed by atoms with Gasteiger partial charge in [-0.3, -0.25) is 9.78 Å². The third-order valence-electron chi connectivity index (χ3n) is 5.06. The fourth-order valence-electron chi connectivity index (χ4n) is 3.60. The zero-order valence-electron chi connectivity index (χ0n) is 17.1. The number of hydrogen-bond acceptors (Lipinski definition) is 6. The minimum Gasteiger partial charge on any atom is -0.469 e. The maximum atomic E-state index is 11.6. The second-order valence-electron chi connectivity index (χ2n) is 7.07. The molecule has 0 aliphatic carbocycles. The van der Waals surface area contributed by atoms with Crippen molar-refractivity contribution < 1.29 is 13.9 Å². The average molecular weight is 454 g/mol. The number of carbonyl (C=O) groups excluding carboxylic acids is 1. The van der Waals surface area contributed by atoms with Crippen LogP contribution in [0, 0.1) is 0 Å². The zero-order chi connectivity index (χ0) is 21.6. The van der Waals surface area contributed by atoms with E-state index in [4.69, 9.17) is 21.4 Å². The van der Waals surface area contributed by atoms with Crippen molar-refractivity contribution in [3.63, 3.8) is 0 Å². The summed E-state index contributed by atoms with van der Waals surface area (Å²) in [6, 6.07) is 19.6. The van der Waals surface area contributed by atoms with Gasteiger partial charge in [-0.1, -0.05) is 36.0 Å². The molecule has 3 heterocycles. The molecule has 31 heavy (non-hydrogen) atoms. The van der Waals surface area contributed by atoms with Gasteiger partial charge in [0.1, 0.15) is 11.8 Å². The lowest BCUT2D eigenvalue weighted by atomic mass is 10.0. The van der Waals surface area contributed by atoms with Crippen molar-refractivity contribution in [1.82, 2.24) is 15.2 Å². The maximum absolute atomic E-state index is 11.6. The molecular weight excluding hydrogens is 430 g/mol. The van der Waals surface area contributed by atoms with Gasteiger partial charge in [0, 0.05) is 24.1 Å². The Balaban J connectivity index is 1.59. The first kappa shape index (κ1) is 21.4. The predicted molar refractivity (Wildman–Crippen MR) is 123 cm³/mol. The Morgan fingerprint density at radius 1 is 1.19 bits per heavy atom. The van der Waals surface area contributed by atoms with E-state index in [1.807, 2.05) is 48.5 Å². The average Bonchev–Trinajstić information content (AvgIpc) is 3.39. The van der Waals surface area contributed by atoms with Crippen LogP contribution in [0.25, 0.3) is 0 Å². The third kappa shape index (κ3) is 5.08. The van der Waals surface area contributed by atoms with Crippen LogP contribution in [0.15, 0.2) is 81.3 Å². The van der Waals surface area contributed by atoms with E-state index >= 15 is 0 Å². The highest BCUT2D eigenvalue weighted by molar-refractivity contribution is 7.99. The van der Waals surface area contributed by atoms with Crippen molar-refractivity contribution in [2.24, 2.45) is 0 Å². The van der Waals surface area contributed by atoms with Crippen molar-refractivity contribution >= 4 is 35.1 Å². The Morgan fingerprint density at radius 3 is 2.74 bits per heavy atom. The summed E-state index contributed by atoms with van der Waals surface area (Å²) in [5.74, 6) is 0.579. The number of nitrogens with one attached hydrogen (secondary N) is 1. The molecule has 1 fully saturated rings. The minimum atomic E-state index is -0.226. The smallest absolute Gasteiger partial charge is 0.305 e. The molecule has 1 aliphatic rings. The van der Waals surface area contributed by atoms with E-state index in [1.165, 1.54) is 7.11 Å². The summed E-state index contributed by atoms with van der Waals surface area (Å²) in [6.45, 7) is 0.608. The Morgan fingerprint density at radius 2 is 2.00 bits per heavy atom. The van der Waals surface area contributed by atoms with Gasteiger partial charge in [-0.05, 0) is 55.0 Å². The molecule has 0 spiro atoms. The number of carbonyl (C=O) groups is 1. The molecule has 4 rings (SSSR count). The van der Waals surface area contributed by atoms with Gasteiger partial charge in [0.25, 0.3) is 0 Å². The van der Waals surface area contributed by atoms with Crippen LogP contribution in [0.4, 0.5) is 0 Å². The van der Waals surface area contributed by atoms with Gasteiger partial charge in [-0.15, -0.1) is 0 Å². The number of furan rings is 1. The van der Waals surface area contributed by atoms with E-state index in [9.17, 15) is 4.79 Å². The molecule has 1 saturated heterocycles. The van der Waals surface area contributed by atoms with E-state index < -0.39 is 0 Å². The molecule has 2 aromatic heterocycles. The summed E-state index contributed by atoms with van der Waals surface area (Å²) < 4.78 is 11.0. The summed E-state index contributed by atoms with van der Waals surface area (Å²) in [7, 11) is 1.40. The molecule has 3 aromatic rings. The van der Waals surface area contributed by atoms with Crippen LogP contribution >= 0.6 is 24.0 Å². The molecule has 0 amide bonds. The molecule has 1 N–H and O–H groups in total. The second kappa shape index (κ2) is 9.98. The van der Waals surface area contributed by atoms with E-state index in [0.29, 0.717) is 24.5 Å². The molecule has 6 nitrogen and oxygen atoms in total. The lowest BCUT2D eigenvalue weighted by Gasteiger charge is -2.25. The van der Waals surface area contributed by atoms with Crippen molar-refractivity contribution in [3.05, 3.63) is 78.3 Å². The van der Waals surface area contributed by atoms with E-state index in [-0.39, 0.29) is 18.1 Å². The monoisotopic (exact) mass is 453 g/mol. The summed E-state index contributed by atoms with van der Waals surface area (Å²) in [5.41, 5.74) is 0.888. The largest absolute Gasteiger partial charge is 0.469 e. The van der Waals surface area contributed by atoms with Gasteiger partial charge in [0.05, 0.1) is 18.8 Å². The highest BCUT2D eigenvalue weighted by Gasteiger charge is 2.41. The summed E-state index contributed by atoms with van der Waals surface area (Å²) in [4.78, 5) is 19.3. The summed E-state index contributed by atoms with van der Waals surface area (Å²) in [6.07, 6.45) is 2.74. The number of thiocarbonyl (C=S) groups is 1. The van der Waals surface area contributed by atoms with Crippen molar-refractivity contribution in [2.45, 2.75) is 34.9 Å². The highest BCUT2D eigenvalue weighted by Crippen LogP contribution is 2.41. The lowest BCUT2D eigenvalue weighted by Crippen LogP contribution is -2.30. The van der Waals surface area contributed by atoms with Gasteiger partial charge in [0.15, 0.2) is 10.2 Å². The molecule has 0 saturated carbocycles. The fourth-order valence-corrected chi connectivity index (χ4v) is 4.74. The number of ether oxygens (including phenoxy) is 1. The molecular formula is C23H23N3O3S2. The lowest BCUT2D eigenvalue weighted by molar-refractivity contribution is -0.140. The predicted octanol–water partition coefficient (Wildman–Crippen LogP) is 4.75. The van der Waals surface area contributed by atoms with Gasteiger partial charge in [-0.2, -0.15) is 0 Å². The maximum Gasteiger partial charge on any atom is 0.305 e. The van der Waals surface area contributed by atoms with E-state index in [1.54, 1.807) is 18.0 Å². The molecule has 2 atom stereocenters.